The molecule has 0 radical (unpaired) electrons. The number of para-hydroxylation sites is 1. The topological polar surface area (TPSA) is 96.7 Å². The molecule has 8 nitrogen and oxygen atoms in total. The number of hydrogen-bond acceptors (Lipinski definition) is 6. The van der Waals surface area contributed by atoms with Gasteiger partial charge < -0.3 is 10.2 Å². The van der Waals surface area contributed by atoms with Crippen molar-refractivity contribution in [1.29, 1.82) is 0 Å². The van der Waals surface area contributed by atoms with Crippen molar-refractivity contribution in [1.82, 2.24) is 5.48 Å². The van der Waals surface area contributed by atoms with Gasteiger partial charge >= 0.3 is 0 Å². The van der Waals surface area contributed by atoms with E-state index in [2.05, 4.69) is 33.4 Å². The number of rotatable bonds is 9. The molecule has 35 heavy (non-hydrogen) atoms. The Morgan fingerprint density at radius 1 is 1.26 bits per heavy atom. The van der Waals surface area contributed by atoms with Crippen LogP contribution in [0.4, 0.5) is 32.8 Å². The first-order valence-electron chi connectivity index (χ1n) is 10.7. The van der Waals surface area contributed by atoms with Crippen LogP contribution in [0.5, 0.6) is 0 Å². The number of nitrogens with one attached hydrogen (secondary N) is 2. The van der Waals surface area contributed by atoms with Crippen LogP contribution in [0.2, 0.25) is 5.02 Å². The number of nitrogens with zero attached hydrogens (tertiary/aromatic N) is 2. The van der Waals surface area contributed by atoms with E-state index < -0.39 is 22.3 Å². The molecule has 1 amide bonds. The van der Waals surface area contributed by atoms with Crippen LogP contribution in [0, 0.1) is 25.4 Å². The van der Waals surface area contributed by atoms with Crippen LogP contribution in [0.1, 0.15) is 23.2 Å². The third-order valence-electron chi connectivity index (χ3n) is 5.51. The smallest absolute Gasteiger partial charge is 0.296 e. The number of hydrogen-bond donors (Lipinski definition) is 2. The van der Waals surface area contributed by atoms with Gasteiger partial charge in [0.2, 0.25) is 0 Å². The fraction of sp³-hybridized carbons (Fsp3) is 0.208. The van der Waals surface area contributed by atoms with Crippen molar-refractivity contribution in [2.24, 2.45) is 5.92 Å². The summed E-state index contributed by atoms with van der Waals surface area (Å²) < 4.78 is 17.0. The maximum Gasteiger partial charge on any atom is 0.296 e. The highest BCUT2D eigenvalue weighted by molar-refractivity contribution is 14.1. The van der Waals surface area contributed by atoms with Gasteiger partial charge in [0.25, 0.3) is 11.6 Å². The van der Waals surface area contributed by atoms with Crippen molar-refractivity contribution in [2.45, 2.75) is 12.8 Å². The Bertz CT molecular complexity index is 1270. The van der Waals surface area contributed by atoms with Crippen molar-refractivity contribution < 1.29 is 18.9 Å². The Balaban J connectivity index is 1.83. The normalized spacial score (nSPS) is 12.8. The molecule has 11 heteroatoms. The summed E-state index contributed by atoms with van der Waals surface area (Å²) in [6.45, 7) is 0.316. The molecule has 0 bridgehead atoms. The molecule has 0 unspecified atom stereocenters. The van der Waals surface area contributed by atoms with Crippen molar-refractivity contribution in [3.63, 3.8) is 0 Å². The summed E-state index contributed by atoms with van der Waals surface area (Å²) in [5.41, 5.74) is 1.72. The van der Waals surface area contributed by atoms with Crippen LogP contribution < -0.4 is 15.7 Å². The van der Waals surface area contributed by atoms with Crippen LogP contribution in [0.3, 0.4) is 0 Å². The van der Waals surface area contributed by atoms with Gasteiger partial charge in [-0.3, -0.25) is 19.7 Å². The van der Waals surface area contributed by atoms with E-state index in [4.69, 9.17) is 16.4 Å². The van der Waals surface area contributed by atoms with Crippen molar-refractivity contribution in [2.75, 3.05) is 23.9 Å². The minimum atomic E-state index is -0.979. The zero-order valence-corrected chi connectivity index (χ0v) is 21.5. The van der Waals surface area contributed by atoms with E-state index in [1.165, 1.54) is 11.9 Å². The summed E-state index contributed by atoms with van der Waals surface area (Å²) in [7, 11) is 1.51. The lowest BCUT2D eigenvalue weighted by Crippen LogP contribution is -2.26. The van der Waals surface area contributed by atoms with E-state index in [9.17, 15) is 14.9 Å². The Hall–Kier alpha value is -2.96. The summed E-state index contributed by atoms with van der Waals surface area (Å²) in [5.74, 6) is -1.43. The lowest BCUT2D eigenvalue weighted by atomic mass is 10.1. The van der Waals surface area contributed by atoms with E-state index in [0.717, 1.165) is 22.5 Å². The van der Waals surface area contributed by atoms with Gasteiger partial charge in [0.15, 0.2) is 11.5 Å². The Kier molecular flexibility index (Phi) is 7.72. The number of halogens is 3. The number of nitro groups is 1. The second-order valence-electron chi connectivity index (χ2n) is 8.07. The predicted molar refractivity (Wildman–Crippen MR) is 141 cm³/mol. The molecule has 4 rings (SSSR count). The van der Waals surface area contributed by atoms with E-state index in [-0.39, 0.29) is 16.9 Å². The molecule has 0 saturated heterocycles. The molecule has 0 aliphatic heterocycles. The lowest BCUT2D eigenvalue weighted by molar-refractivity contribution is -0.384. The van der Waals surface area contributed by atoms with Crippen LogP contribution in [-0.2, 0) is 4.84 Å². The number of amides is 1. The number of carbonyl (C=O) groups is 1. The maximum absolute atomic E-state index is 16.1. The van der Waals surface area contributed by atoms with Crippen LogP contribution in [0.25, 0.3) is 0 Å². The first kappa shape index (κ1) is 25.1. The largest absolute Gasteiger partial charge is 0.351 e. The molecule has 3 aromatic carbocycles. The number of anilines is 4. The molecule has 0 heterocycles. The quantitative estimate of drug-likeness (QED) is 0.162. The second-order valence-corrected chi connectivity index (χ2v) is 9.72. The summed E-state index contributed by atoms with van der Waals surface area (Å²) in [5, 5.41) is 15.1. The minimum absolute atomic E-state index is 0.260. The third-order valence-corrected chi connectivity index (χ3v) is 6.50. The standard InChI is InChI=1S/C24H21ClFIN4O4/c1-30(16-5-3-2-4-6-16)23-20(31(33)34)12-17(24(32)29-35-13-14-7-8-14)22(21(23)26)28-19-10-9-15(27)11-18(19)25/h2-6,9-12,14,28H,7-8,13H2,1H3,(H,29,32). The highest BCUT2D eigenvalue weighted by Gasteiger charge is 2.31. The van der Waals surface area contributed by atoms with Crippen LogP contribution in [-0.4, -0.2) is 24.5 Å². The van der Waals surface area contributed by atoms with Gasteiger partial charge in [-0.05, 0) is 71.7 Å². The molecule has 2 N–H and O–H groups in total. The SMILES string of the molecule is CN(c1ccccc1)c1c([N+](=O)[O-])cc(C(=O)NOCC2CC2)c(Nc2ccc(I)cc2Cl)c1F. The zero-order valence-electron chi connectivity index (χ0n) is 18.6. The molecule has 0 aromatic heterocycles. The maximum atomic E-state index is 16.1. The van der Waals surface area contributed by atoms with Crippen molar-refractivity contribution >= 4 is 68.5 Å². The second kappa shape index (κ2) is 10.8. The molecular formula is C24H21ClFIN4O4. The van der Waals surface area contributed by atoms with Crippen molar-refractivity contribution in [3.05, 3.63) is 84.7 Å². The average molecular weight is 611 g/mol. The molecule has 1 aliphatic rings. The van der Waals surface area contributed by atoms with Gasteiger partial charge in [0, 0.05) is 22.4 Å². The van der Waals surface area contributed by atoms with Crippen molar-refractivity contribution in [3.8, 4) is 0 Å². The first-order valence-corrected chi connectivity index (χ1v) is 12.2. The van der Waals surface area contributed by atoms with Gasteiger partial charge in [-0.15, -0.1) is 0 Å². The Morgan fingerprint density at radius 3 is 2.60 bits per heavy atom. The molecule has 3 aromatic rings. The summed E-state index contributed by atoms with van der Waals surface area (Å²) in [6.07, 6.45) is 2.02. The fourth-order valence-corrected chi connectivity index (χ4v) is 4.36. The summed E-state index contributed by atoms with van der Waals surface area (Å²) >= 11 is 8.42. The Morgan fingerprint density at radius 2 is 1.97 bits per heavy atom. The molecule has 0 spiro atoms. The van der Waals surface area contributed by atoms with Gasteiger partial charge in [0.05, 0.1) is 33.5 Å². The monoisotopic (exact) mass is 610 g/mol. The molecular weight excluding hydrogens is 590 g/mol. The van der Waals surface area contributed by atoms with E-state index in [1.54, 1.807) is 48.5 Å². The average Bonchev–Trinajstić information content (AvgIpc) is 3.66. The van der Waals surface area contributed by atoms with E-state index in [1.807, 2.05) is 0 Å². The van der Waals surface area contributed by atoms with Gasteiger partial charge in [-0.1, -0.05) is 29.8 Å². The van der Waals surface area contributed by atoms with Gasteiger partial charge in [0.1, 0.15) is 0 Å². The number of carbonyl (C=O) groups excluding carboxylic acids is 1. The molecule has 1 aliphatic carbocycles. The Labute approximate surface area is 219 Å². The summed E-state index contributed by atoms with van der Waals surface area (Å²) in [4.78, 5) is 30.8. The van der Waals surface area contributed by atoms with E-state index in [0.29, 0.717) is 28.9 Å². The van der Waals surface area contributed by atoms with Crippen LogP contribution >= 0.6 is 34.2 Å². The molecule has 1 saturated carbocycles. The van der Waals surface area contributed by atoms with Crippen LogP contribution in [0.15, 0.2) is 54.6 Å². The lowest BCUT2D eigenvalue weighted by Gasteiger charge is -2.23. The third kappa shape index (κ3) is 5.82. The molecule has 0 atom stereocenters. The minimum Gasteiger partial charge on any atom is -0.351 e. The summed E-state index contributed by atoms with van der Waals surface area (Å²) in [6, 6.07) is 14.7. The van der Waals surface area contributed by atoms with Gasteiger partial charge in [-0.25, -0.2) is 9.87 Å². The molecule has 1 fully saturated rings. The van der Waals surface area contributed by atoms with E-state index >= 15 is 4.39 Å². The zero-order chi connectivity index (χ0) is 25.1. The predicted octanol–water partition coefficient (Wildman–Crippen LogP) is 6.57. The molecule has 182 valence electrons. The fourth-order valence-electron chi connectivity index (χ4n) is 3.46. The highest BCUT2D eigenvalue weighted by atomic mass is 127. The van der Waals surface area contributed by atoms with Gasteiger partial charge in [-0.2, -0.15) is 0 Å². The number of hydroxylamine groups is 1. The number of benzene rings is 3. The highest BCUT2D eigenvalue weighted by Crippen LogP contribution is 2.42. The first-order chi connectivity index (χ1) is 16.8. The number of nitro benzene ring substituents is 1.